The van der Waals surface area contributed by atoms with E-state index < -0.39 is 6.10 Å². The van der Waals surface area contributed by atoms with Crippen LogP contribution in [-0.4, -0.2) is 24.4 Å². The average Bonchev–Trinajstić information content (AvgIpc) is 2.72. The number of benzene rings is 3. The van der Waals surface area contributed by atoms with Crippen LogP contribution in [0.4, 0.5) is 0 Å². The van der Waals surface area contributed by atoms with Crippen molar-refractivity contribution >= 4 is 0 Å². The lowest BCUT2D eigenvalue weighted by Gasteiger charge is -2.14. The third-order valence-corrected chi connectivity index (χ3v) is 3.83. The highest BCUT2D eigenvalue weighted by Crippen LogP contribution is 2.23. The molecule has 0 spiro atoms. The minimum Gasteiger partial charge on any atom is -0.491 e. The van der Waals surface area contributed by atoms with Gasteiger partial charge >= 0.3 is 0 Å². The van der Waals surface area contributed by atoms with Crippen molar-refractivity contribution in [1.82, 2.24) is 0 Å². The molecule has 0 heterocycles. The number of hydrogen-bond acceptors (Lipinski definition) is 4. The van der Waals surface area contributed by atoms with Crippen LogP contribution in [0, 0.1) is 11.3 Å². The van der Waals surface area contributed by atoms with E-state index in [0.717, 1.165) is 16.9 Å². The predicted molar refractivity (Wildman–Crippen MR) is 100 cm³/mol. The second-order valence-corrected chi connectivity index (χ2v) is 5.80. The Labute approximate surface area is 152 Å². The van der Waals surface area contributed by atoms with Crippen molar-refractivity contribution in [3.8, 4) is 28.7 Å². The quantitative estimate of drug-likeness (QED) is 0.702. The van der Waals surface area contributed by atoms with Crippen molar-refractivity contribution < 1.29 is 14.6 Å². The molecule has 0 aliphatic rings. The molecule has 0 saturated carbocycles. The van der Waals surface area contributed by atoms with Crippen molar-refractivity contribution in [3.63, 3.8) is 0 Å². The summed E-state index contributed by atoms with van der Waals surface area (Å²) in [5.41, 5.74) is 2.71. The highest BCUT2D eigenvalue weighted by Gasteiger charge is 2.07. The zero-order valence-electron chi connectivity index (χ0n) is 14.2. The predicted octanol–water partition coefficient (Wildman–Crippen LogP) is 4.04. The number of rotatable bonds is 7. The Hall–Kier alpha value is -3.29. The fraction of sp³-hybridized carbons (Fsp3) is 0.136. The van der Waals surface area contributed by atoms with Gasteiger partial charge in [-0.25, -0.2) is 0 Å². The molecule has 130 valence electrons. The van der Waals surface area contributed by atoms with E-state index in [2.05, 4.69) is 6.07 Å². The molecule has 3 aromatic carbocycles. The monoisotopic (exact) mass is 345 g/mol. The van der Waals surface area contributed by atoms with Crippen LogP contribution in [0.2, 0.25) is 0 Å². The molecule has 4 nitrogen and oxygen atoms in total. The van der Waals surface area contributed by atoms with E-state index >= 15 is 0 Å². The van der Waals surface area contributed by atoms with Crippen LogP contribution in [0.5, 0.6) is 11.5 Å². The summed E-state index contributed by atoms with van der Waals surface area (Å²) < 4.78 is 11.1. The molecule has 0 fully saturated rings. The Balaban J connectivity index is 1.50. The Bertz CT molecular complexity index is 853. The van der Waals surface area contributed by atoms with Gasteiger partial charge in [0, 0.05) is 0 Å². The lowest BCUT2D eigenvalue weighted by atomic mass is 10.0. The van der Waals surface area contributed by atoms with E-state index in [1.165, 1.54) is 0 Å². The topological polar surface area (TPSA) is 62.5 Å². The van der Waals surface area contributed by atoms with Crippen LogP contribution in [-0.2, 0) is 0 Å². The fourth-order valence-electron chi connectivity index (χ4n) is 2.43. The number of nitriles is 1. The third-order valence-electron chi connectivity index (χ3n) is 3.83. The molecule has 0 aliphatic heterocycles. The van der Waals surface area contributed by atoms with Crippen molar-refractivity contribution in [1.29, 1.82) is 5.26 Å². The summed E-state index contributed by atoms with van der Waals surface area (Å²) in [5, 5.41) is 18.8. The lowest BCUT2D eigenvalue weighted by Crippen LogP contribution is -2.25. The second kappa shape index (κ2) is 8.70. The van der Waals surface area contributed by atoms with E-state index in [9.17, 15) is 5.11 Å². The molecule has 0 amide bonds. The SMILES string of the molecule is N#Cc1ccc(-c2ccc(OCC(O)COc3ccccc3)cc2)cc1. The Morgan fingerprint density at radius 2 is 1.23 bits per heavy atom. The molecule has 0 saturated heterocycles. The first kappa shape index (κ1) is 17.5. The minimum absolute atomic E-state index is 0.156. The highest BCUT2D eigenvalue weighted by atomic mass is 16.5. The van der Waals surface area contributed by atoms with Crippen LogP contribution in [0.1, 0.15) is 5.56 Å². The smallest absolute Gasteiger partial charge is 0.122 e. The van der Waals surface area contributed by atoms with Gasteiger partial charge in [0.05, 0.1) is 11.6 Å². The van der Waals surface area contributed by atoms with Gasteiger partial charge in [-0.2, -0.15) is 5.26 Å². The third kappa shape index (κ3) is 4.85. The van der Waals surface area contributed by atoms with Crippen molar-refractivity contribution in [2.75, 3.05) is 13.2 Å². The molecule has 4 heteroatoms. The summed E-state index contributed by atoms with van der Waals surface area (Å²) in [7, 11) is 0. The summed E-state index contributed by atoms with van der Waals surface area (Å²) in [6, 6.07) is 26.5. The van der Waals surface area contributed by atoms with E-state index in [0.29, 0.717) is 11.3 Å². The molecule has 1 atom stereocenters. The number of hydrogen-bond donors (Lipinski definition) is 1. The van der Waals surface area contributed by atoms with Crippen LogP contribution in [0.25, 0.3) is 11.1 Å². The van der Waals surface area contributed by atoms with Crippen LogP contribution < -0.4 is 9.47 Å². The summed E-state index contributed by atoms with van der Waals surface area (Å²) in [6.45, 7) is 0.330. The first-order chi connectivity index (χ1) is 12.7. The standard InChI is InChI=1S/C22H19NO3/c23-14-17-6-8-18(9-7-17)19-10-12-22(13-11-19)26-16-20(24)15-25-21-4-2-1-3-5-21/h1-13,20,24H,15-16H2. The van der Waals surface area contributed by atoms with Crippen molar-refractivity contribution in [2.45, 2.75) is 6.10 Å². The largest absolute Gasteiger partial charge is 0.491 e. The maximum Gasteiger partial charge on any atom is 0.122 e. The maximum atomic E-state index is 9.98. The molecule has 3 rings (SSSR count). The molecular weight excluding hydrogens is 326 g/mol. The van der Waals surface area contributed by atoms with Crippen LogP contribution >= 0.6 is 0 Å². The van der Waals surface area contributed by atoms with Gasteiger partial charge < -0.3 is 14.6 Å². The van der Waals surface area contributed by atoms with Gasteiger partial charge in [0.2, 0.25) is 0 Å². The Kier molecular flexibility index (Phi) is 5.87. The summed E-state index contributed by atoms with van der Waals surface area (Å²) >= 11 is 0. The van der Waals surface area contributed by atoms with Crippen LogP contribution in [0.15, 0.2) is 78.9 Å². The molecular formula is C22H19NO3. The molecule has 0 aliphatic carbocycles. The van der Waals surface area contributed by atoms with Gasteiger partial charge in [-0.05, 0) is 47.5 Å². The first-order valence-electron chi connectivity index (χ1n) is 8.34. The second-order valence-electron chi connectivity index (χ2n) is 5.80. The number of ether oxygens (including phenoxy) is 2. The molecule has 26 heavy (non-hydrogen) atoms. The van der Waals surface area contributed by atoms with Gasteiger partial charge in [-0.1, -0.05) is 42.5 Å². The van der Waals surface area contributed by atoms with Crippen molar-refractivity contribution in [3.05, 3.63) is 84.4 Å². The molecule has 3 aromatic rings. The van der Waals surface area contributed by atoms with E-state index in [1.54, 1.807) is 12.1 Å². The average molecular weight is 345 g/mol. The van der Waals surface area contributed by atoms with Gasteiger partial charge in [-0.15, -0.1) is 0 Å². The first-order valence-corrected chi connectivity index (χ1v) is 8.34. The molecule has 0 bridgehead atoms. The van der Waals surface area contributed by atoms with E-state index in [-0.39, 0.29) is 13.2 Å². The molecule has 0 radical (unpaired) electrons. The highest BCUT2D eigenvalue weighted by molar-refractivity contribution is 5.64. The number of aliphatic hydroxyl groups is 1. The summed E-state index contributed by atoms with van der Waals surface area (Å²) in [5.74, 6) is 1.40. The van der Waals surface area contributed by atoms with E-state index in [4.69, 9.17) is 14.7 Å². The molecule has 1 unspecified atom stereocenters. The van der Waals surface area contributed by atoms with Crippen molar-refractivity contribution in [2.24, 2.45) is 0 Å². The minimum atomic E-state index is -0.714. The van der Waals surface area contributed by atoms with Gasteiger partial charge in [0.1, 0.15) is 30.8 Å². The molecule has 1 N–H and O–H groups in total. The lowest BCUT2D eigenvalue weighted by molar-refractivity contribution is 0.0626. The normalized spacial score (nSPS) is 11.4. The van der Waals surface area contributed by atoms with Gasteiger partial charge in [-0.3, -0.25) is 0 Å². The number of nitrogens with zero attached hydrogens (tertiary/aromatic N) is 1. The maximum absolute atomic E-state index is 9.98. The molecule has 0 aromatic heterocycles. The zero-order valence-corrected chi connectivity index (χ0v) is 14.2. The summed E-state index contributed by atoms with van der Waals surface area (Å²) in [4.78, 5) is 0. The van der Waals surface area contributed by atoms with Crippen LogP contribution in [0.3, 0.4) is 0 Å². The number of aliphatic hydroxyl groups excluding tert-OH is 1. The van der Waals surface area contributed by atoms with Gasteiger partial charge in [0.15, 0.2) is 0 Å². The Morgan fingerprint density at radius 1 is 0.731 bits per heavy atom. The van der Waals surface area contributed by atoms with E-state index in [1.807, 2.05) is 66.7 Å². The zero-order chi connectivity index (χ0) is 18.2. The fourth-order valence-corrected chi connectivity index (χ4v) is 2.43. The number of para-hydroxylation sites is 1. The van der Waals surface area contributed by atoms with Gasteiger partial charge in [0.25, 0.3) is 0 Å². The Morgan fingerprint density at radius 3 is 1.77 bits per heavy atom. The summed E-state index contributed by atoms with van der Waals surface area (Å²) in [6.07, 6.45) is -0.714.